The minimum Gasteiger partial charge on any atom is -0.237 e. The molecule has 1 aromatic carbocycles. The fourth-order valence-corrected chi connectivity index (χ4v) is 1.52. The molecule has 0 fully saturated rings. The molecule has 0 saturated carbocycles. The van der Waals surface area contributed by atoms with Crippen molar-refractivity contribution in [3.8, 4) is 0 Å². The number of halogens is 2. The normalized spacial score (nSPS) is 11.1. The van der Waals surface area contributed by atoms with Crippen LogP contribution in [0.4, 0.5) is 0 Å². The molecule has 1 nitrogen and oxygen atoms in total. The molecule has 0 aliphatic carbocycles. The number of hydrogen-bond donors (Lipinski definition) is 0. The van der Waals surface area contributed by atoms with Gasteiger partial charge in [0.2, 0.25) is 0 Å². The molecule has 0 heterocycles. The maximum Gasteiger partial charge on any atom is 0.0825 e. The average molecular weight is 230 g/mol. The van der Waals surface area contributed by atoms with Crippen LogP contribution in [0.2, 0.25) is 10.0 Å². The molecule has 0 aliphatic rings. The van der Waals surface area contributed by atoms with Crippen molar-refractivity contribution in [2.75, 3.05) is 6.61 Å². The van der Waals surface area contributed by atoms with Crippen molar-refractivity contribution in [3.05, 3.63) is 39.9 Å². The maximum absolute atomic E-state index is 10.2. The van der Waals surface area contributed by atoms with Crippen LogP contribution in [0.1, 0.15) is 18.4 Å². The lowest BCUT2D eigenvalue weighted by molar-refractivity contribution is 0.190. The van der Waals surface area contributed by atoms with E-state index in [1.165, 1.54) is 0 Å². The second kappa shape index (κ2) is 6.07. The van der Waals surface area contributed by atoms with Crippen LogP contribution in [0.25, 0.3) is 6.08 Å². The molecule has 0 aromatic heterocycles. The molecule has 0 aliphatic heterocycles. The Bertz CT molecular complexity index is 321. The van der Waals surface area contributed by atoms with E-state index in [0.717, 1.165) is 12.0 Å². The van der Waals surface area contributed by atoms with Crippen molar-refractivity contribution >= 4 is 29.3 Å². The second-order valence-corrected chi connectivity index (χ2v) is 3.76. The van der Waals surface area contributed by atoms with Crippen LogP contribution in [0.3, 0.4) is 0 Å². The summed E-state index contributed by atoms with van der Waals surface area (Å²) in [6.45, 7) is -0.0291. The van der Waals surface area contributed by atoms with E-state index in [9.17, 15) is 5.11 Å². The molecule has 1 radical (unpaired) electrons. The summed E-state index contributed by atoms with van der Waals surface area (Å²) in [5, 5.41) is 11.4. The van der Waals surface area contributed by atoms with Crippen molar-refractivity contribution in [1.29, 1.82) is 0 Å². The van der Waals surface area contributed by atoms with Gasteiger partial charge in [-0.05, 0) is 30.5 Å². The zero-order valence-corrected chi connectivity index (χ0v) is 9.18. The lowest BCUT2D eigenvalue weighted by Crippen LogP contribution is -1.78. The number of hydrogen-bond acceptors (Lipinski definition) is 0. The summed E-state index contributed by atoms with van der Waals surface area (Å²) in [5.41, 5.74) is 0.932. The molecule has 0 spiro atoms. The number of rotatable bonds is 4. The Morgan fingerprint density at radius 2 is 2.07 bits per heavy atom. The van der Waals surface area contributed by atoms with Gasteiger partial charge in [0.25, 0.3) is 0 Å². The smallest absolute Gasteiger partial charge is 0.0825 e. The lowest BCUT2D eigenvalue weighted by atomic mass is 10.2. The minimum absolute atomic E-state index is 0.0291. The molecule has 0 amide bonds. The van der Waals surface area contributed by atoms with Gasteiger partial charge in [-0.3, -0.25) is 0 Å². The molecule has 0 saturated heterocycles. The summed E-state index contributed by atoms with van der Waals surface area (Å²) in [6, 6.07) is 5.36. The summed E-state index contributed by atoms with van der Waals surface area (Å²) in [6.07, 6.45) is 5.32. The summed E-state index contributed by atoms with van der Waals surface area (Å²) in [7, 11) is 0. The topological polar surface area (TPSA) is 19.9 Å². The van der Waals surface area contributed by atoms with E-state index < -0.39 is 0 Å². The quantitative estimate of drug-likeness (QED) is 0.690. The van der Waals surface area contributed by atoms with Crippen LogP contribution in [0.15, 0.2) is 24.3 Å². The molecular weight excluding hydrogens is 219 g/mol. The van der Waals surface area contributed by atoms with Gasteiger partial charge in [0.15, 0.2) is 0 Å². The monoisotopic (exact) mass is 229 g/mol. The highest BCUT2D eigenvalue weighted by Gasteiger charge is 1.96. The molecule has 0 bridgehead atoms. The Hall–Kier alpha value is -0.500. The van der Waals surface area contributed by atoms with Gasteiger partial charge in [0.05, 0.1) is 6.61 Å². The molecule has 75 valence electrons. The number of unbranched alkanes of at least 4 members (excludes halogenated alkanes) is 1. The predicted octanol–water partition coefficient (Wildman–Crippen LogP) is 4.22. The SMILES string of the molecule is [O]CCC/C=C/c1ccc(Cl)cc1Cl. The van der Waals surface area contributed by atoms with Gasteiger partial charge in [0.1, 0.15) is 0 Å². The molecule has 0 atom stereocenters. The predicted molar refractivity (Wildman–Crippen MR) is 60.3 cm³/mol. The lowest BCUT2D eigenvalue weighted by Gasteiger charge is -1.98. The summed E-state index contributed by atoms with van der Waals surface area (Å²) < 4.78 is 0. The van der Waals surface area contributed by atoms with Crippen LogP contribution >= 0.6 is 23.2 Å². The number of benzene rings is 1. The molecule has 14 heavy (non-hydrogen) atoms. The third kappa shape index (κ3) is 3.70. The summed E-state index contributed by atoms with van der Waals surface area (Å²) >= 11 is 11.7. The minimum atomic E-state index is -0.0291. The second-order valence-electron chi connectivity index (χ2n) is 2.91. The highest BCUT2D eigenvalue weighted by Crippen LogP contribution is 2.22. The first-order valence-electron chi connectivity index (χ1n) is 4.43. The van der Waals surface area contributed by atoms with E-state index in [0.29, 0.717) is 16.5 Å². The first-order chi connectivity index (χ1) is 6.74. The van der Waals surface area contributed by atoms with Gasteiger partial charge in [0, 0.05) is 10.0 Å². The van der Waals surface area contributed by atoms with Crippen molar-refractivity contribution in [2.45, 2.75) is 12.8 Å². The standard InChI is InChI=1S/C11H11Cl2O/c12-10-6-5-9(11(13)8-10)4-2-1-3-7-14/h2,4-6,8H,1,3,7H2/b4-2+. The Labute approximate surface area is 94.0 Å². The van der Waals surface area contributed by atoms with E-state index in [4.69, 9.17) is 23.2 Å². The van der Waals surface area contributed by atoms with Gasteiger partial charge in [-0.15, -0.1) is 0 Å². The van der Waals surface area contributed by atoms with E-state index in [1.54, 1.807) is 12.1 Å². The summed E-state index contributed by atoms with van der Waals surface area (Å²) in [5.74, 6) is 0. The van der Waals surface area contributed by atoms with Gasteiger partial charge in [-0.1, -0.05) is 41.4 Å². The van der Waals surface area contributed by atoms with Gasteiger partial charge >= 0.3 is 0 Å². The van der Waals surface area contributed by atoms with E-state index in [2.05, 4.69) is 0 Å². The Balaban J connectivity index is 2.62. The Morgan fingerprint density at radius 1 is 1.29 bits per heavy atom. The Kier molecular flexibility index (Phi) is 5.02. The molecule has 1 aromatic rings. The molecular formula is C11H11Cl2O. The molecule has 0 N–H and O–H groups in total. The fourth-order valence-electron chi connectivity index (χ4n) is 1.05. The fraction of sp³-hybridized carbons (Fsp3) is 0.273. The number of allylic oxidation sites excluding steroid dienone is 1. The molecule has 0 unspecified atom stereocenters. The van der Waals surface area contributed by atoms with Crippen molar-refractivity contribution in [3.63, 3.8) is 0 Å². The van der Waals surface area contributed by atoms with E-state index in [1.807, 2.05) is 18.2 Å². The largest absolute Gasteiger partial charge is 0.237 e. The maximum atomic E-state index is 10.2. The van der Waals surface area contributed by atoms with Gasteiger partial charge in [-0.2, -0.15) is 0 Å². The molecule has 1 rings (SSSR count). The average Bonchev–Trinajstić information content (AvgIpc) is 2.15. The van der Waals surface area contributed by atoms with Crippen molar-refractivity contribution in [2.24, 2.45) is 0 Å². The van der Waals surface area contributed by atoms with E-state index >= 15 is 0 Å². The van der Waals surface area contributed by atoms with Gasteiger partial charge < -0.3 is 0 Å². The van der Waals surface area contributed by atoms with Crippen LogP contribution < -0.4 is 0 Å². The third-order valence-corrected chi connectivity index (χ3v) is 2.34. The van der Waals surface area contributed by atoms with Crippen molar-refractivity contribution in [1.82, 2.24) is 0 Å². The van der Waals surface area contributed by atoms with Crippen molar-refractivity contribution < 1.29 is 5.11 Å². The Morgan fingerprint density at radius 3 is 2.71 bits per heavy atom. The zero-order chi connectivity index (χ0) is 10.4. The first-order valence-corrected chi connectivity index (χ1v) is 5.19. The highest BCUT2D eigenvalue weighted by atomic mass is 35.5. The van der Waals surface area contributed by atoms with Gasteiger partial charge in [-0.25, -0.2) is 5.11 Å². The van der Waals surface area contributed by atoms with E-state index in [-0.39, 0.29) is 6.61 Å². The van der Waals surface area contributed by atoms with Crippen LogP contribution in [0.5, 0.6) is 0 Å². The van der Waals surface area contributed by atoms with Crippen LogP contribution in [-0.2, 0) is 5.11 Å². The molecule has 3 heteroatoms. The summed E-state index contributed by atoms with van der Waals surface area (Å²) in [4.78, 5) is 0. The van der Waals surface area contributed by atoms with Crippen LogP contribution in [0, 0.1) is 0 Å². The third-order valence-electron chi connectivity index (χ3n) is 1.78. The highest BCUT2D eigenvalue weighted by molar-refractivity contribution is 6.35. The first kappa shape index (κ1) is 11.6. The van der Waals surface area contributed by atoms with Crippen LogP contribution in [-0.4, -0.2) is 6.61 Å². The zero-order valence-electron chi connectivity index (χ0n) is 7.67.